The highest BCUT2D eigenvalue weighted by atomic mass is 32.2. The summed E-state index contributed by atoms with van der Waals surface area (Å²) in [4.78, 5) is 39.8. The first kappa shape index (κ1) is 20.6. The molecule has 0 atom stereocenters. The summed E-state index contributed by atoms with van der Waals surface area (Å²) in [5.41, 5.74) is 2.62. The smallest absolute Gasteiger partial charge is 0.272 e. The summed E-state index contributed by atoms with van der Waals surface area (Å²) in [6.45, 7) is 3.99. The molecular weight excluding hydrogens is 414 g/mol. The van der Waals surface area contributed by atoms with E-state index in [0.717, 1.165) is 15.5 Å². The fourth-order valence-corrected chi connectivity index (χ4v) is 4.58. The van der Waals surface area contributed by atoms with Gasteiger partial charge in [0, 0.05) is 39.2 Å². The molecule has 0 radical (unpaired) electrons. The molecule has 0 aromatic heterocycles. The third-order valence-electron chi connectivity index (χ3n) is 5.06. The van der Waals surface area contributed by atoms with Crippen LogP contribution in [0.1, 0.15) is 33.2 Å². The highest BCUT2D eigenvalue weighted by Crippen LogP contribution is 2.42. The van der Waals surface area contributed by atoms with Crippen molar-refractivity contribution < 1.29 is 14.5 Å². The Kier molecular flexibility index (Phi) is 5.48. The van der Waals surface area contributed by atoms with Gasteiger partial charge in [-0.1, -0.05) is 23.9 Å². The lowest BCUT2D eigenvalue weighted by molar-refractivity contribution is -0.385. The summed E-state index contributed by atoms with van der Waals surface area (Å²) in [5.74, 6) is -0.462. The minimum absolute atomic E-state index is 0.0322. The van der Waals surface area contributed by atoms with Crippen LogP contribution in [0.5, 0.6) is 0 Å². The third-order valence-corrected chi connectivity index (χ3v) is 6.20. The first-order chi connectivity index (χ1) is 14.9. The van der Waals surface area contributed by atoms with Crippen LogP contribution in [-0.2, 0) is 0 Å². The maximum atomic E-state index is 13.1. The predicted molar refractivity (Wildman–Crippen MR) is 120 cm³/mol. The molecule has 0 unspecified atom stereocenters. The van der Waals surface area contributed by atoms with Crippen molar-refractivity contribution in [2.75, 3.05) is 16.8 Å². The number of nitro benzene ring substituents is 1. The van der Waals surface area contributed by atoms with E-state index in [0.29, 0.717) is 28.9 Å². The molecule has 1 aliphatic heterocycles. The molecule has 3 aromatic carbocycles. The molecule has 31 heavy (non-hydrogen) atoms. The first-order valence-corrected chi connectivity index (χ1v) is 10.5. The molecule has 0 saturated carbocycles. The Bertz CT molecular complexity index is 1230. The molecule has 0 fully saturated rings. The lowest BCUT2D eigenvalue weighted by Gasteiger charge is -2.22. The summed E-state index contributed by atoms with van der Waals surface area (Å²) in [7, 11) is 0. The van der Waals surface area contributed by atoms with E-state index < -0.39 is 4.92 Å². The maximum absolute atomic E-state index is 13.1. The van der Waals surface area contributed by atoms with Crippen molar-refractivity contribution in [3.05, 3.63) is 87.5 Å². The highest BCUT2D eigenvalue weighted by Gasteiger charge is 2.26. The molecule has 1 heterocycles. The standard InChI is InChI=1S/C23H19N3O4S/c1-3-25-19-13-16(24-22(27)15-8-10-18(26(29)30)14(2)12-15)9-11-21(19)31-20-7-5-4-6-17(20)23(25)28/h4-13H,3H2,1-2H3,(H,24,27). The summed E-state index contributed by atoms with van der Waals surface area (Å²) in [6, 6.07) is 17.2. The Morgan fingerprint density at radius 3 is 2.58 bits per heavy atom. The number of amides is 2. The van der Waals surface area contributed by atoms with Gasteiger partial charge in [-0.25, -0.2) is 0 Å². The SMILES string of the molecule is CCN1C(=O)c2ccccc2Sc2ccc(NC(=O)c3ccc([N+](=O)[O-])c(C)c3)cc21. The number of fused-ring (bicyclic) bond motifs is 2. The number of carbonyl (C=O) groups excluding carboxylic acids is 2. The molecule has 1 N–H and O–H groups in total. The van der Waals surface area contributed by atoms with Gasteiger partial charge in [-0.15, -0.1) is 0 Å². The number of hydrogen-bond donors (Lipinski definition) is 1. The molecule has 0 saturated heterocycles. The van der Waals surface area contributed by atoms with Crippen molar-refractivity contribution >= 4 is 40.6 Å². The average molecular weight is 433 g/mol. The first-order valence-electron chi connectivity index (χ1n) is 9.68. The zero-order valence-electron chi connectivity index (χ0n) is 16.9. The van der Waals surface area contributed by atoms with E-state index in [4.69, 9.17) is 0 Å². The largest absolute Gasteiger partial charge is 0.322 e. The van der Waals surface area contributed by atoms with Crippen molar-refractivity contribution in [3.63, 3.8) is 0 Å². The van der Waals surface area contributed by atoms with Crippen LogP contribution in [0.2, 0.25) is 0 Å². The van der Waals surface area contributed by atoms with E-state index in [9.17, 15) is 19.7 Å². The van der Waals surface area contributed by atoms with Gasteiger partial charge in [0.15, 0.2) is 0 Å². The molecule has 2 amide bonds. The average Bonchev–Trinajstić information content (AvgIpc) is 2.87. The van der Waals surface area contributed by atoms with Crippen LogP contribution in [0.25, 0.3) is 0 Å². The van der Waals surface area contributed by atoms with Crippen molar-refractivity contribution in [3.8, 4) is 0 Å². The normalized spacial score (nSPS) is 12.6. The Hall–Kier alpha value is -3.65. The molecular formula is C23H19N3O4S. The Morgan fingerprint density at radius 2 is 1.87 bits per heavy atom. The fourth-order valence-electron chi connectivity index (χ4n) is 3.52. The number of aryl methyl sites for hydroxylation is 1. The van der Waals surface area contributed by atoms with Crippen molar-refractivity contribution in [2.45, 2.75) is 23.6 Å². The van der Waals surface area contributed by atoms with Crippen molar-refractivity contribution in [1.82, 2.24) is 0 Å². The Balaban J connectivity index is 1.65. The molecule has 1 aliphatic rings. The van der Waals surface area contributed by atoms with Gasteiger partial charge in [0.2, 0.25) is 0 Å². The van der Waals surface area contributed by atoms with Crippen LogP contribution < -0.4 is 10.2 Å². The predicted octanol–water partition coefficient (Wildman–Crippen LogP) is 5.29. The van der Waals surface area contributed by atoms with E-state index in [1.807, 2.05) is 37.3 Å². The monoisotopic (exact) mass is 433 g/mol. The van der Waals surface area contributed by atoms with Crippen LogP contribution in [0.3, 0.4) is 0 Å². The van der Waals surface area contributed by atoms with E-state index in [-0.39, 0.29) is 17.5 Å². The lowest BCUT2D eigenvalue weighted by atomic mass is 10.1. The lowest BCUT2D eigenvalue weighted by Crippen LogP contribution is -2.30. The van der Waals surface area contributed by atoms with Gasteiger partial charge in [0.25, 0.3) is 17.5 Å². The van der Waals surface area contributed by atoms with Gasteiger partial charge in [0.1, 0.15) is 0 Å². The molecule has 8 heteroatoms. The fraction of sp³-hybridized carbons (Fsp3) is 0.130. The molecule has 0 bridgehead atoms. The van der Waals surface area contributed by atoms with Gasteiger partial charge in [-0.2, -0.15) is 0 Å². The topological polar surface area (TPSA) is 92.6 Å². The maximum Gasteiger partial charge on any atom is 0.272 e. The molecule has 7 nitrogen and oxygen atoms in total. The zero-order valence-corrected chi connectivity index (χ0v) is 17.7. The number of nitrogens with zero attached hydrogens (tertiary/aromatic N) is 2. The second-order valence-electron chi connectivity index (χ2n) is 7.04. The van der Waals surface area contributed by atoms with Crippen LogP contribution in [0.15, 0.2) is 70.5 Å². The molecule has 156 valence electrons. The van der Waals surface area contributed by atoms with Gasteiger partial charge in [-0.3, -0.25) is 19.7 Å². The van der Waals surface area contributed by atoms with Crippen LogP contribution in [0, 0.1) is 17.0 Å². The molecule has 0 spiro atoms. The van der Waals surface area contributed by atoms with Gasteiger partial charge >= 0.3 is 0 Å². The van der Waals surface area contributed by atoms with Gasteiger partial charge in [0.05, 0.1) is 16.2 Å². The van der Waals surface area contributed by atoms with Gasteiger partial charge < -0.3 is 10.2 Å². The van der Waals surface area contributed by atoms with Crippen molar-refractivity contribution in [1.29, 1.82) is 0 Å². The summed E-state index contributed by atoms with van der Waals surface area (Å²) < 4.78 is 0. The third kappa shape index (κ3) is 3.89. The number of benzene rings is 3. The number of anilines is 2. The van der Waals surface area contributed by atoms with E-state index >= 15 is 0 Å². The molecule has 3 aromatic rings. The number of nitrogens with one attached hydrogen (secondary N) is 1. The second kappa shape index (κ2) is 8.23. The van der Waals surface area contributed by atoms with Crippen LogP contribution in [0.4, 0.5) is 17.1 Å². The highest BCUT2D eigenvalue weighted by molar-refractivity contribution is 7.99. The Labute approximate surface area is 183 Å². The van der Waals surface area contributed by atoms with E-state index in [1.54, 1.807) is 24.0 Å². The summed E-state index contributed by atoms with van der Waals surface area (Å²) >= 11 is 1.52. The van der Waals surface area contributed by atoms with Crippen LogP contribution in [-0.4, -0.2) is 23.3 Å². The quantitative estimate of drug-likeness (QED) is 0.446. The number of rotatable bonds is 4. The van der Waals surface area contributed by atoms with E-state index in [2.05, 4.69) is 5.32 Å². The summed E-state index contributed by atoms with van der Waals surface area (Å²) in [5, 5.41) is 13.8. The second-order valence-corrected chi connectivity index (χ2v) is 8.13. The minimum Gasteiger partial charge on any atom is -0.322 e. The molecule has 4 rings (SSSR count). The van der Waals surface area contributed by atoms with Crippen LogP contribution >= 0.6 is 11.8 Å². The minimum atomic E-state index is -0.477. The summed E-state index contributed by atoms with van der Waals surface area (Å²) in [6.07, 6.45) is 0. The number of carbonyl (C=O) groups is 2. The number of nitro groups is 1. The van der Waals surface area contributed by atoms with Gasteiger partial charge in [-0.05, 0) is 56.3 Å². The zero-order chi connectivity index (χ0) is 22.1. The van der Waals surface area contributed by atoms with Crippen molar-refractivity contribution in [2.24, 2.45) is 0 Å². The Morgan fingerprint density at radius 1 is 1.10 bits per heavy atom. The van der Waals surface area contributed by atoms with E-state index in [1.165, 1.54) is 30.0 Å². The number of hydrogen-bond acceptors (Lipinski definition) is 5. The molecule has 0 aliphatic carbocycles.